The molecular weight excluding hydrogens is 526 g/mol. The molecular formula is C31H35N11. The van der Waals surface area contributed by atoms with Crippen molar-refractivity contribution in [2.45, 2.75) is 26.6 Å². The predicted octanol–water partition coefficient (Wildman–Crippen LogP) is 3.97. The van der Waals surface area contributed by atoms with Gasteiger partial charge in [0.25, 0.3) is 0 Å². The zero-order valence-electron chi connectivity index (χ0n) is 24.7. The fourth-order valence-electron chi connectivity index (χ4n) is 5.41. The van der Waals surface area contributed by atoms with E-state index in [9.17, 15) is 0 Å². The van der Waals surface area contributed by atoms with Crippen molar-refractivity contribution >= 4 is 44.9 Å². The van der Waals surface area contributed by atoms with Crippen LogP contribution in [0.2, 0.25) is 0 Å². The number of pyridine rings is 2. The quantitative estimate of drug-likeness (QED) is 0.227. The smallest absolute Gasteiger partial charge is 0.166 e. The minimum absolute atomic E-state index is 0.453. The van der Waals surface area contributed by atoms with Gasteiger partial charge >= 0.3 is 0 Å². The number of imidazole rings is 1. The van der Waals surface area contributed by atoms with Gasteiger partial charge in [-0.15, -0.1) is 0 Å². The first-order valence-corrected chi connectivity index (χ1v) is 13.8. The zero-order valence-corrected chi connectivity index (χ0v) is 24.7. The summed E-state index contributed by atoms with van der Waals surface area (Å²) in [5, 5.41) is 3.88. The van der Waals surface area contributed by atoms with Gasteiger partial charge < -0.3 is 14.4 Å². The molecule has 6 rings (SSSR count). The molecule has 0 fully saturated rings. The number of nitrogens with one attached hydrogen (secondary N) is 1. The molecule has 1 aliphatic rings. The Morgan fingerprint density at radius 3 is 2.10 bits per heavy atom. The molecule has 3 aromatic heterocycles. The maximum absolute atomic E-state index is 6.15. The zero-order chi connectivity index (χ0) is 29.5. The van der Waals surface area contributed by atoms with Gasteiger partial charge in [0, 0.05) is 79.7 Å². The average molecular weight is 562 g/mol. The standard InChI is InChI=1S/C31H35N11/c1-19-13-27(39(3)4)23-15-21(7-9-25(23)34-19)30-36-29(17-41-12-11-33-18-41)42(38-32)31(37-30)22-8-10-26-24(16-22)28(40(5)6)14-20(2)35-26/h7-16,18,31,38H,17,32H2,1-6H3. The summed E-state index contributed by atoms with van der Waals surface area (Å²) in [6, 6.07) is 16.6. The van der Waals surface area contributed by atoms with E-state index in [1.165, 1.54) is 0 Å². The molecule has 11 nitrogen and oxygen atoms in total. The Bertz CT molecular complexity index is 1840. The molecule has 42 heavy (non-hydrogen) atoms. The van der Waals surface area contributed by atoms with Gasteiger partial charge in [0.1, 0.15) is 5.84 Å². The molecule has 2 aromatic carbocycles. The number of hydrazine groups is 2. The second-order valence-corrected chi connectivity index (χ2v) is 11.0. The molecule has 0 aliphatic carbocycles. The van der Waals surface area contributed by atoms with Crippen molar-refractivity contribution in [2.24, 2.45) is 15.8 Å². The highest BCUT2D eigenvalue weighted by molar-refractivity contribution is 6.10. The van der Waals surface area contributed by atoms with Crippen molar-refractivity contribution < 1.29 is 0 Å². The summed E-state index contributed by atoms with van der Waals surface area (Å²) < 4.78 is 1.96. The number of hydrogen-bond donors (Lipinski definition) is 2. The van der Waals surface area contributed by atoms with Crippen LogP contribution in [-0.4, -0.2) is 64.4 Å². The fraction of sp³-hybridized carbons (Fsp3) is 0.258. The number of fused-ring (bicyclic) bond motifs is 2. The maximum atomic E-state index is 6.15. The second-order valence-electron chi connectivity index (χ2n) is 11.0. The van der Waals surface area contributed by atoms with Crippen LogP contribution >= 0.6 is 0 Å². The normalized spacial score (nSPS) is 15.2. The van der Waals surface area contributed by atoms with Crippen molar-refractivity contribution in [1.82, 2.24) is 30.1 Å². The minimum atomic E-state index is -0.484. The second kappa shape index (κ2) is 10.8. The SMILES string of the molecule is Cc1cc(N(C)C)c2cc(C3=NC(c4ccc5nc(C)cc(N(C)C)c5c4)N(NN)C(Cn4ccnc4)=N3)ccc2n1. The molecule has 0 radical (unpaired) electrons. The van der Waals surface area contributed by atoms with Gasteiger partial charge in [-0.05, 0) is 61.9 Å². The molecule has 4 heterocycles. The van der Waals surface area contributed by atoms with Crippen LogP contribution in [0.3, 0.4) is 0 Å². The van der Waals surface area contributed by atoms with Gasteiger partial charge in [-0.25, -0.2) is 15.0 Å². The monoisotopic (exact) mass is 561 g/mol. The van der Waals surface area contributed by atoms with Gasteiger partial charge in [-0.1, -0.05) is 6.07 Å². The summed E-state index contributed by atoms with van der Waals surface area (Å²) in [6.45, 7) is 4.48. The third-order valence-electron chi connectivity index (χ3n) is 7.40. The van der Waals surface area contributed by atoms with Crippen LogP contribution in [0.4, 0.5) is 11.4 Å². The highest BCUT2D eigenvalue weighted by Crippen LogP contribution is 2.33. The number of anilines is 2. The fourth-order valence-corrected chi connectivity index (χ4v) is 5.41. The average Bonchev–Trinajstić information content (AvgIpc) is 3.48. The number of aliphatic imine (C=N–C) groups is 2. The van der Waals surface area contributed by atoms with E-state index in [1.807, 2.05) is 71.0 Å². The highest BCUT2D eigenvalue weighted by atomic mass is 15.7. The number of nitrogens with two attached hydrogens (primary N) is 1. The molecule has 11 heteroatoms. The van der Waals surface area contributed by atoms with E-state index in [-0.39, 0.29) is 0 Å². The van der Waals surface area contributed by atoms with Crippen LogP contribution in [0.15, 0.2) is 77.2 Å². The lowest BCUT2D eigenvalue weighted by molar-refractivity contribution is 0.228. The van der Waals surface area contributed by atoms with E-state index >= 15 is 0 Å². The molecule has 0 saturated heterocycles. The van der Waals surface area contributed by atoms with Crippen LogP contribution in [0.25, 0.3) is 21.8 Å². The number of benzene rings is 2. The summed E-state index contributed by atoms with van der Waals surface area (Å²) in [6.07, 6.45) is 4.93. The summed E-state index contributed by atoms with van der Waals surface area (Å²) in [4.78, 5) is 28.1. The number of aryl methyl sites for hydroxylation is 2. The Morgan fingerprint density at radius 2 is 1.50 bits per heavy atom. The summed E-state index contributed by atoms with van der Waals surface area (Å²) in [5.74, 6) is 7.47. The van der Waals surface area contributed by atoms with Gasteiger partial charge in [0.05, 0.1) is 23.9 Å². The molecule has 1 aliphatic heterocycles. The van der Waals surface area contributed by atoms with Gasteiger partial charge in [0.2, 0.25) is 0 Å². The molecule has 0 amide bonds. The van der Waals surface area contributed by atoms with E-state index in [4.69, 9.17) is 25.8 Å². The van der Waals surface area contributed by atoms with Gasteiger partial charge in [-0.2, -0.15) is 5.53 Å². The van der Waals surface area contributed by atoms with Crippen LogP contribution in [-0.2, 0) is 6.54 Å². The lowest BCUT2D eigenvalue weighted by Gasteiger charge is -2.34. The van der Waals surface area contributed by atoms with Crippen molar-refractivity contribution in [3.63, 3.8) is 0 Å². The van der Waals surface area contributed by atoms with Crippen LogP contribution in [0.5, 0.6) is 0 Å². The molecule has 0 spiro atoms. The lowest BCUT2D eigenvalue weighted by Crippen LogP contribution is -2.51. The molecule has 3 N–H and O–H groups in total. The molecule has 5 aromatic rings. The summed E-state index contributed by atoms with van der Waals surface area (Å²) in [5.41, 5.74) is 10.7. The number of hydrogen-bond acceptors (Lipinski definition) is 10. The van der Waals surface area contributed by atoms with Crippen molar-refractivity contribution in [2.75, 3.05) is 38.0 Å². The Labute approximate surface area is 245 Å². The van der Waals surface area contributed by atoms with Gasteiger partial charge in [-0.3, -0.25) is 20.8 Å². The Balaban J connectivity index is 1.53. The third kappa shape index (κ3) is 5.04. The molecule has 1 atom stereocenters. The lowest BCUT2D eigenvalue weighted by atomic mass is 10.0. The maximum Gasteiger partial charge on any atom is 0.166 e. The Morgan fingerprint density at radius 1 is 0.857 bits per heavy atom. The first kappa shape index (κ1) is 27.3. The van der Waals surface area contributed by atoms with Crippen LogP contribution < -0.4 is 21.2 Å². The number of aromatic nitrogens is 4. The third-order valence-corrected chi connectivity index (χ3v) is 7.40. The molecule has 214 valence electrons. The van der Waals surface area contributed by atoms with E-state index in [1.54, 1.807) is 17.5 Å². The molecule has 1 unspecified atom stereocenters. The summed E-state index contributed by atoms with van der Waals surface area (Å²) >= 11 is 0. The van der Waals surface area contributed by atoms with Crippen molar-refractivity contribution in [1.29, 1.82) is 0 Å². The first-order chi connectivity index (χ1) is 20.2. The number of nitrogens with zero attached hydrogens (tertiary/aromatic N) is 9. The molecule has 0 saturated carbocycles. The van der Waals surface area contributed by atoms with Crippen molar-refractivity contribution in [3.05, 3.63) is 89.8 Å². The van der Waals surface area contributed by atoms with E-state index in [0.29, 0.717) is 18.2 Å². The van der Waals surface area contributed by atoms with E-state index in [0.717, 1.165) is 55.7 Å². The Kier molecular flexibility index (Phi) is 7.05. The number of rotatable bonds is 7. The summed E-state index contributed by atoms with van der Waals surface area (Å²) in [7, 11) is 8.16. The largest absolute Gasteiger partial charge is 0.377 e. The van der Waals surface area contributed by atoms with E-state index < -0.39 is 6.17 Å². The van der Waals surface area contributed by atoms with Crippen molar-refractivity contribution in [3.8, 4) is 0 Å². The van der Waals surface area contributed by atoms with Gasteiger partial charge in [0.15, 0.2) is 12.0 Å². The predicted molar refractivity (Wildman–Crippen MR) is 170 cm³/mol. The minimum Gasteiger partial charge on any atom is -0.377 e. The molecule has 0 bridgehead atoms. The first-order valence-electron chi connectivity index (χ1n) is 13.8. The van der Waals surface area contributed by atoms with Crippen LogP contribution in [0.1, 0.15) is 28.7 Å². The highest BCUT2D eigenvalue weighted by Gasteiger charge is 2.29. The van der Waals surface area contributed by atoms with Crippen LogP contribution in [0, 0.1) is 13.8 Å². The van der Waals surface area contributed by atoms with E-state index in [2.05, 4.69) is 50.7 Å². The Hall–Kier alpha value is -4.87. The topological polar surface area (TPSA) is 116 Å². The number of amidine groups is 2.